The molecule has 1 amide bonds. The van der Waals surface area contributed by atoms with Gasteiger partial charge in [0.15, 0.2) is 17.0 Å². The van der Waals surface area contributed by atoms with Crippen LogP contribution in [0.5, 0.6) is 0 Å². The molecule has 0 atom stereocenters. The Balaban J connectivity index is 1.35. The molecular formula is C18H28N8O. The summed E-state index contributed by atoms with van der Waals surface area (Å²) >= 11 is 0. The van der Waals surface area contributed by atoms with Gasteiger partial charge in [-0.1, -0.05) is 12.1 Å². The molecule has 2 aromatic heterocycles. The van der Waals surface area contributed by atoms with Crippen molar-refractivity contribution in [2.45, 2.75) is 33.2 Å². The van der Waals surface area contributed by atoms with Crippen molar-refractivity contribution in [3.05, 3.63) is 6.33 Å². The highest BCUT2D eigenvalue weighted by Gasteiger charge is 2.26. The Bertz CT molecular complexity index is 790. The molecule has 9 nitrogen and oxygen atoms in total. The maximum Gasteiger partial charge on any atom is 0.236 e. The number of aromatic nitrogens is 5. The highest BCUT2D eigenvalue weighted by atomic mass is 16.2. The van der Waals surface area contributed by atoms with Crippen molar-refractivity contribution in [1.29, 1.82) is 0 Å². The molecule has 9 heteroatoms. The van der Waals surface area contributed by atoms with Gasteiger partial charge in [0.2, 0.25) is 5.91 Å². The molecule has 0 aromatic carbocycles. The van der Waals surface area contributed by atoms with Crippen LogP contribution in [0.4, 0.5) is 5.82 Å². The van der Waals surface area contributed by atoms with E-state index in [0.29, 0.717) is 6.54 Å². The van der Waals surface area contributed by atoms with E-state index in [4.69, 9.17) is 0 Å². The lowest BCUT2D eigenvalue weighted by molar-refractivity contribution is -0.133. The van der Waals surface area contributed by atoms with Gasteiger partial charge in [-0.05, 0) is 25.7 Å². The predicted molar refractivity (Wildman–Crippen MR) is 102 cm³/mol. The highest BCUT2D eigenvalue weighted by molar-refractivity contribution is 5.82. The summed E-state index contributed by atoms with van der Waals surface area (Å²) in [5, 5.41) is 8.43. The van der Waals surface area contributed by atoms with Crippen molar-refractivity contribution in [2.24, 2.45) is 5.92 Å². The number of hydrogen-bond donors (Lipinski definition) is 0. The topological polar surface area (TPSA) is 83.3 Å². The van der Waals surface area contributed by atoms with E-state index in [1.165, 1.54) is 0 Å². The third kappa shape index (κ3) is 3.73. The van der Waals surface area contributed by atoms with Crippen LogP contribution < -0.4 is 4.90 Å². The van der Waals surface area contributed by atoms with Gasteiger partial charge in [-0.2, -0.15) is 0 Å². The molecule has 0 spiro atoms. The zero-order chi connectivity index (χ0) is 18.8. The molecule has 2 aliphatic rings. The van der Waals surface area contributed by atoms with Gasteiger partial charge in [-0.15, -0.1) is 5.10 Å². The second-order valence-corrected chi connectivity index (χ2v) is 7.60. The maximum absolute atomic E-state index is 12.6. The number of rotatable bonds is 4. The van der Waals surface area contributed by atoms with E-state index < -0.39 is 0 Å². The largest absolute Gasteiger partial charge is 0.352 e. The fourth-order valence-electron chi connectivity index (χ4n) is 3.89. The molecule has 0 bridgehead atoms. The molecule has 0 N–H and O–H groups in total. The van der Waals surface area contributed by atoms with Crippen LogP contribution in [0.3, 0.4) is 0 Å². The number of nitrogens with zero attached hydrogens (tertiary/aromatic N) is 8. The van der Waals surface area contributed by atoms with Crippen molar-refractivity contribution in [3.63, 3.8) is 0 Å². The number of fused-ring (bicyclic) bond motifs is 1. The smallest absolute Gasteiger partial charge is 0.236 e. The monoisotopic (exact) mass is 372 g/mol. The van der Waals surface area contributed by atoms with Crippen LogP contribution in [0, 0.1) is 5.92 Å². The van der Waals surface area contributed by atoms with E-state index in [-0.39, 0.29) is 5.91 Å². The molecule has 0 aliphatic carbocycles. The molecule has 0 unspecified atom stereocenters. The molecule has 27 heavy (non-hydrogen) atoms. The van der Waals surface area contributed by atoms with Crippen LogP contribution in [0.15, 0.2) is 6.33 Å². The van der Waals surface area contributed by atoms with Crippen molar-refractivity contribution in [1.82, 2.24) is 34.8 Å². The predicted octanol–water partition coefficient (Wildman–Crippen LogP) is 0.622. The van der Waals surface area contributed by atoms with E-state index in [0.717, 1.165) is 81.6 Å². The lowest BCUT2D eigenvalue weighted by Crippen LogP contribution is -2.51. The first-order chi connectivity index (χ1) is 13.2. The number of aryl methyl sites for hydroxylation is 1. The lowest BCUT2D eigenvalue weighted by atomic mass is 9.99. The standard InChI is InChI=1S/C18H28N8O/c1-3-26-18-16(21-22-26)17(19-13-20-18)25-10-8-23(9-11-25)12-15(27)24-6-4-14(2)5-7-24/h13-14H,3-12H2,1-2H3. The Morgan fingerprint density at radius 2 is 1.85 bits per heavy atom. The number of amides is 1. The molecule has 2 saturated heterocycles. The van der Waals surface area contributed by atoms with Gasteiger partial charge in [-0.25, -0.2) is 14.6 Å². The molecule has 0 saturated carbocycles. The fraction of sp³-hybridized carbons (Fsp3) is 0.722. The van der Waals surface area contributed by atoms with E-state index >= 15 is 0 Å². The summed E-state index contributed by atoms with van der Waals surface area (Å²) in [6.07, 6.45) is 3.84. The third-order valence-electron chi connectivity index (χ3n) is 5.75. The lowest BCUT2D eigenvalue weighted by Gasteiger charge is -2.37. The average Bonchev–Trinajstić information content (AvgIpc) is 3.12. The number of likely N-dealkylation sites (tertiary alicyclic amines) is 1. The number of piperazine rings is 1. The normalized spacial score (nSPS) is 19.8. The van der Waals surface area contributed by atoms with Crippen LogP contribution in [0.2, 0.25) is 0 Å². The second kappa shape index (κ2) is 7.75. The number of piperidine rings is 1. The summed E-state index contributed by atoms with van der Waals surface area (Å²) < 4.78 is 1.79. The molecule has 2 fully saturated rings. The maximum atomic E-state index is 12.6. The highest BCUT2D eigenvalue weighted by Crippen LogP contribution is 2.22. The van der Waals surface area contributed by atoms with Crippen LogP contribution in [0.1, 0.15) is 26.7 Å². The molecule has 0 radical (unpaired) electrons. The van der Waals surface area contributed by atoms with Crippen molar-refractivity contribution >= 4 is 22.9 Å². The summed E-state index contributed by atoms with van der Waals surface area (Å²) in [5.74, 6) is 1.86. The zero-order valence-electron chi connectivity index (χ0n) is 16.2. The molecule has 146 valence electrons. The Hall–Kier alpha value is -2.29. The summed E-state index contributed by atoms with van der Waals surface area (Å²) in [5.41, 5.74) is 1.53. The summed E-state index contributed by atoms with van der Waals surface area (Å²) in [7, 11) is 0. The Morgan fingerprint density at radius 3 is 2.56 bits per heavy atom. The van der Waals surface area contributed by atoms with Gasteiger partial charge < -0.3 is 9.80 Å². The van der Waals surface area contributed by atoms with Crippen LogP contribution >= 0.6 is 0 Å². The first-order valence-corrected chi connectivity index (χ1v) is 9.95. The third-order valence-corrected chi connectivity index (χ3v) is 5.75. The van der Waals surface area contributed by atoms with E-state index in [1.807, 2.05) is 11.8 Å². The first-order valence-electron chi connectivity index (χ1n) is 9.95. The molecule has 4 rings (SSSR count). The van der Waals surface area contributed by atoms with Gasteiger partial charge in [-0.3, -0.25) is 9.69 Å². The average molecular weight is 372 g/mol. The van der Waals surface area contributed by atoms with Gasteiger partial charge in [0.1, 0.15) is 6.33 Å². The number of hydrogen-bond acceptors (Lipinski definition) is 7. The molecule has 2 aromatic rings. The summed E-state index contributed by atoms with van der Waals surface area (Å²) in [4.78, 5) is 27.8. The van der Waals surface area contributed by atoms with E-state index in [2.05, 4.69) is 37.0 Å². The first kappa shape index (κ1) is 18.1. The van der Waals surface area contributed by atoms with Crippen molar-refractivity contribution in [3.8, 4) is 0 Å². The van der Waals surface area contributed by atoms with Crippen LogP contribution in [-0.4, -0.2) is 86.5 Å². The van der Waals surface area contributed by atoms with Crippen LogP contribution in [-0.2, 0) is 11.3 Å². The molecule has 2 aliphatic heterocycles. The van der Waals surface area contributed by atoms with Gasteiger partial charge in [0, 0.05) is 45.8 Å². The van der Waals surface area contributed by atoms with E-state index in [9.17, 15) is 4.79 Å². The van der Waals surface area contributed by atoms with Gasteiger partial charge in [0.05, 0.1) is 6.54 Å². The molecule has 4 heterocycles. The quantitative estimate of drug-likeness (QED) is 0.778. The number of carbonyl (C=O) groups excluding carboxylic acids is 1. The van der Waals surface area contributed by atoms with Gasteiger partial charge in [0.25, 0.3) is 0 Å². The SMILES string of the molecule is CCn1nnc2c(N3CCN(CC(=O)N4CCC(C)CC4)CC3)ncnc21. The summed E-state index contributed by atoms with van der Waals surface area (Å²) in [6.45, 7) is 10.7. The second-order valence-electron chi connectivity index (χ2n) is 7.60. The Morgan fingerprint density at radius 1 is 1.11 bits per heavy atom. The molecular weight excluding hydrogens is 344 g/mol. The number of carbonyl (C=O) groups is 1. The Kier molecular flexibility index (Phi) is 5.20. The Labute approximate surface area is 159 Å². The van der Waals surface area contributed by atoms with Crippen molar-refractivity contribution in [2.75, 3.05) is 50.7 Å². The minimum Gasteiger partial charge on any atom is -0.352 e. The fourth-order valence-corrected chi connectivity index (χ4v) is 3.89. The minimum atomic E-state index is 0.269. The van der Waals surface area contributed by atoms with Crippen molar-refractivity contribution < 1.29 is 4.79 Å². The van der Waals surface area contributed by atoms with Gasteiger partial charge >= 0.3 is 0 Å². The van der Waals surface area contributed by atoms with Crippen LogP contribution in [0.25, 0.3) is 11.2 Å². The zero-order valence-corrected chi connectivity index (χ0v) is 16.2. The number of anilines is 1. The minimum absolute atomic E-state index is 0.269. The van der Waals surface area contributed by atoms with E-state index in [1.54, 1.807) is 11.0 Å². The summed E-state index contributed by atoms with van der Waals surface area (Å²) in [6, 6.07) is 0.